The number of ether oxygens (including phenoxy) is 2. The van der Waals surface area contributed by atoms with E-state index in [0.29, 0.717) is 18.8 Å². The average molecular weight is 541 g/mol. The number of hydrogen-bond acceptors (Lipinski definition) is 4. The van der Waals surface area contributed by atoms with Crippen molar-refractivity contribution in [2.24, 2.45) is 5.92 Å². The van der Waals surface area contributed by atoms with Crippen LogP contribution >= 0.6 is 0 Å². The van der Waals surface area contributed by atoms with E-state index in [4.69, 9.17) is 9.47 Å². The fraction of sp³-hybridized carbons (Fsp3) is 0.412. The second-order valence-electron chi connectivity index (χ2n) is 10.5. The highest BCUT2D eigenvalue weighted by atomic mass is 16.6. The molecular weight excluding hydrogens is 500 g/mol. The zero-order valence-corrected chi connectivity index (χ0v) is 23.6. The van der Waals surface area contributed by atoms with Crippen LogP contribution in [0, 0.1) is 5.92 Å². The first-order chi connectivity index (χ1) is 19.7. The molecule has 210 valence electrons. The molecule has 0 bridgehead atoms. The van der Waals surface area contributed by atoms with Crippen molar-refractivity contribution in [1.82, 2.24) is 4.90 Å². The van der Waals surface area contributed by atoms with E-state index in [-0.39, 0.29) is 42.7 Å². The summed E-state index contributed by atoms with van der Waals surface area (Å²) in [6.45, 7) is 5.07. The molecule has 0 aromatic heterocycles. The van der Waals surface area contributed by atoms with Crippen molar-refractivity contribution in [3.8, 4) is 0 Å². The van der Waals surface area contributed by atoms with Crippen LogP contribution in [0.2, 0.25) is 0 Å². The number of hydrogen-bond donors (Lipinski definition) is 0. The van der Waals surface area contributed by atoms with Crippen LogP contribution in [0.15, 0.2) is 84.9 Å². The number of benzene rings is 3. The molecule has 6 nitrogen and oxygen atoms in total. The summed E-state index contributed by atoms with van der Waals surface area (Å²) in [5.74, 6) is 0.213. The minimum absolute atomic E-state index is 0.0320. The zero-order valence-electron chi connectivity index (χ0n) is 23.6. The topological polar surface area (TPSA) is 59.1 Å². The van der Waals surface area contributed by atoms with Crippen LogP contribution in [0.3, 0.4) is 0 Å². The summed E-state index contributed by atoms with van der Waals surface area (Å²) >= 11 is 0. The van der Waals surface area contributed by atoms with Gasteiger partial charge >= 0.3 is 6.09 Å². The summed E-state index contributed by atoms with van der Waals surface area (Å²) in [5.41, 5.74) is 3.75. The van der Waals surface area contributed by atoms with Gasteiger partial charge in [0.2, 0.25) is 0 Å². The van der Waals surface area contributed by atoms with Gasteiger partial charge in [0.1, 0.15) is 6.61 Å². The molecule has 6 rings (SSSR count). The Morgan fingerprint density at radius 1 is 0.825 bits per heavy atom. The molecule has 3 atom stereocenters. The van der Waals surface area contributed by atoms with Crippen LogP contribution in [0.25, 0.3) is 0 Å². The molecule has 2 aliphatic carbocycles. The molecule has 0 N–H and O–H groups in total. The molecular formula is C34H40N2O4. The lowest BCUT2D eigenvalue weighted by atomic mass is 9.81. The van der Waals surface area contributed by atoms with Crippen molar-refractivity contribution in [2.45, 2.75) is 70.7 Å². The Bertz CT molecular complexity index is 1260. The van der Waals surface area contributed by atoms with Gasteiger partial charge < -0.3 is 14.4 Å². The van der Waals surface area contributed by atoms with Gasteiger partial charge in [-0.15, -0.1) is 0 Å². The third-order valence-corrected chi connectivity index (χ3v) is 8.04. The molecule has 3 aliphatic rings. The van der Waals surface area contributed by atoms with Crippen molar-refractivity contribution in [1.29, 1.82) is 0 Å². The highest BCUT2D eigenvalue weighted by molar-refractivity contribution is 6.07. The van der Waals surface area contributed by atoms with Gasteiger partial charge in [0.05, 0.1) is 19.3 Å². The summed E-state index contributed by atoms with van der Waals surface area (Å²) in [6.07, 6.45) is 4.67. The molecule has 6 heteroatoms. The molecule has 2 saturated carbocycles. The van der Waals surface area contributed by atoms with Crippen LogP contribution in [-0.4, -0.2) is 42.2 Å². The maximum absolute atomic E-state index is 13.8. The van der Waals surface area contributed by atoms with Crippen molar-refractivity contribution >= 4 is 17.7 Å². The van der Waals surface area contributed by atoms with E-state index in [1.807, 2.05) is 103 Å². The third-order valence-electron chi connectivity index (χ3n) is 8.04. The first kappa shape index (κ1) is 27.9. The highest BCUT2D eigenvalue weighted by Crippen LogP contribution is 2.52. The van der Waals surface area contributed by atoms with Crippen LogP contribution in [0.1, 0.15) is 73.5 Å². The quantitative estimate of drug-likeness (QED) is 0.279. The monoisotopic (exact) mass is 540 g/mol. The second-order valence-corrected chi connectivity index (χ2v) is 10.5. The lowest BCUT2D eigenvalue weighted by Gasteiger charge is -2.47. The summed E-state index contributed by atoms with van der Waals surface area (Å²) in [7, 11) is 0. The van der Waals surface area contributed by atoms with Gasteiger partial charge in [-0.1, -0.05) is 87.0 Å². The van der Waals surface area contributed by atoms with Crippen LogP contribution < -0.4 is 4.90 Å². The summed E-state index contributed by atoms with van der Waals surface area (Å²) in [6, 6.07) is 27.8. The number of amides is 2. The van der Waals surface area contributed by atoms with E-state index in [1.54, 1.807) is 0 Å². The van der Waals surface area contributed by atoms with Crippen LogP contribution in [0.4, 0.5) is 10.5 Å². The fourth-order valence-corrected chi connectivity index (χ4v) is 6.23. The number of rotatable bonds is 8. The molecule has 1 heterocycles. The van der Waals surface area contributed by atoms with E-state index in [0.717, 1.165) is 48.9 Å². The molecule has 3 unspecified atom stereocenters. The molecule has 3 aromatic carbocycles. The maximum Gasteiger partial charge on any atom is 0.410 e. The van der Waals surface area contributed by atoms with Gasteiger partial charge in [0.25, 0.3) is 5.91 Å². The van der Waals surface area contributed by atoms with E-state index in [1.165, 1.54) is 0 Å². The molecule has 2 fully saturated rings. The van der Waals surface area contributed by atoms with E-state index >= 15 is 0 Å². The molecule has 0 radical (unpaired) electrons. The summed E-state index contributed by atoms with van der Waals surface area (Å²) in [4.78, 5) is 31.3. The summed E-state index contributed by atoms with van der Waals surface area (Å²) < 4.78 is 11.5. The molecule has 3 aromatic rings. The number of carbonyl (C=O) groups excluding carboxylic acids is 2. The van der Waals surface area contributed by atoms with Crippen LogP contribution in [-0.2, 0) is 16.1 Å². The minimum atomic E-state index is -0.274. The van der Waals surface area contributed by atoms with Gasteiger partial charge in [0, 0.05) is 29.3 Å². The first-order valence-corrected chi connectivity index (χ1v) is 14.8. The summed E-state index contributed by atoms with van der Waals surface area (Å²) in [5, 5.41) is 0. The van der Waals surface area contributed by atoms with Crippen molar-refractivity contribution < 1.29 is 19.1 Å². The molecule has 40 heavy (non-hydrogen) atoms. The fourth-order valence-electron chi connectivity index (χ4n) is 6.23. The zero-order chi connectivity index (χ0) is 27.9. The van der Waals surface area contributed by atoms with E-state index < -0.39 is 0 Å². The Morgan fingerprint density at radius 3 is 2.23 bits per heavy atom. The van der Waals surface area contributed by atoms with Crippen LogP contribution in [0.5, 0.6) is 0 Å². The Morgan fingerprint density at radius 2 is 1.50 bits per heavy atom. The van der Waals surface area contributed by atoms with Gasteiger partial charge in [0.15, 0.2) is 0 Å². The predicted octanol–water partition coefficient (Wildman–Crippen LogP) is 7.40. The average Bonchev–Trinajstić information content (AvgIpc) is 3.73. The third kappa shape index (κ3) is 5.92. The van der Waals surface area contributed by atoms with Gasteiger partial charge in [-0.2, -0.15) is 0 Å². The Balaban J connectivity index is 0.00000158. The minimum Gasteiger partial charge on any atom is -0.447 e. The van der Waals surface area contributed by atoms with Crippen molar-refractivity contribution in [2.75, 3.05) is 18.1 Å². The molecule has 0 saturated heterocycles. The Labute approximate surface area is 237 Å². The number of anilines is 1. The van der Waals surface area contributed by atoms with E-state index in [2.05, 4.69) is 6.07 Å². The molecule has 0 spiro atoms. The standard InChI is InChI=1S/C32H34N2O4.C2H6/c35-31(24-12-5-2-6-13-24)34-28-16-8-7-14-26(28)30(27-15-9-17-29(27)34)33(25-18-19-25)32(36)38-21-20-37-22-23-10-3-1-4-11-23;1-2/h1-8,10-14,16,25,27,29-30H,9,15,17-22H2;1-2H3. The highest BCUT2D eigenvalue weighted by Gasteiger charge is 2.51. The molecule has 1 aliphatic heterocycles. The van der Waals surface area contributed by atoms with Crippen molar-refractivity contribution in [3.63, 3.8) is 0 Å². The lowest BCUT2D eigenvalue weighted by Crippen LogP contribution is -2.53. The predicted molar refractivity (Wildman–Crippen MR) is 157 cm³/mol. The number of nitrogens with zero attached hydrogens (tertiary/aromatic N) is 2. The first-order valence-electron chi connectivity index (χ1n) is 14.8. The molecule has 2 amide bonds. The Kier molecular flexibility index (Phi) is 9.17. The van der Waals surface area contributed by atoms with Crippen molar-refractivity contribution in [3.05, 3.63) is 102 Å². The smallest absolute Gasteiger partial charge is 0.410 e. The largest absolute Gasteiger partial charge is 0.447 e. The number of para-hydroxylation sites is 1. The SMILES string of the molecule is CC.O=C(c1ccccc1)N1c2ccccc2C(N(C(=O)OCCOCc2ccccc2)C2CC2)C2CCCC21. The number of fused-ring (bicyclic) bond motifs is 2. The normalized spacial score (nSPS) is 20.9. The van der Waals surface area contributed by atoms with Gasteiger partial charge in [-0.05, 0) is 55.0 Å². The number of carbonyl (C=O) groups is 2. The Hall–Kier alpha value is -3.64. The maximum atomic E-state index is 13.8. The second kappa shape index (κ2) is 13.1. The van der Waals surface area contributed by atoms with Gasteiger partial charge in [-0.3, -0.25) is 9.69 Å². The van der Waals surface area contributed by atoms with E-state index in [9.17, 15) is 9.59 Å². The lowest BCUT2D eigenvalue weighted by molar-refractivity contribution is 0.0314. The van der Waals surface area contributed by atoms with Gasteiger partial charge in [-0.25, -0.2) is 4.79 Å².